The SMILES string of the molecule is CCc1cc[pH]c1CC. The monoisotopic (exact) mass is 140 g/mol. The lowest BCUT2D eigenvalue weighted by atomic mass is 10.2. The first-order chi connectivity index (χ1) is 4.38. The van der Waals surface area contributed by atoms with Gasteiger partial charge in [0.15, 0.2) is 0 Å². The van der Waals surface area contributed by atoms with Crippen LogP contribution < -0.4 is 0 Å². The summed E-state index contributed by atoms with van der Waals surface area (Å²) in [5.74, 6) is 2.29. The maximum Gasteiger partial charge on any atom is -0.0269 e. The van der Waals surface area contributed by atoms with Crippen molar-refractivity contribution in [3.8, 4) is 0 Å². The summed E-state index contributed by atoms with van der Waals surface area (Å²) in [6.45, 7) is 4.47. The van der Waals surface area contributed by atoms with Gasteiger partial charge in [-0.1, -0.05) is 19.9 Å². The first-order valence-corrected chi connectivity index (χ1v) is 4.61. The minimum absolute atomic E-state index is 0.986. The Balaban J connectivity index is 2.85. The highest BCUT2D eigenvalue weighted by Gasteiger charge is 1.95. The smallest absolute Gasteiger partial charge is 0.0269 e. The summed E-state index contributed by atoms with van der Waals surface area (Å²) in [6, 6.07) is 2.28. The van der Waals surface area contributed by atoms with Crippen LogP contribution in [0, 0.1) is 0 Å². The number of hydrogen-bond donors (Lipinski definition) is 0. The van der Waals surface area contributed by atoms with Crippen LogP contribution in [0.2, 0.25) is 0 Å². The maximum absolute atomic E-state index is 2.29. The van der Waals surface area contributed by atoms with Gasteiger partial charge in [0.2, 0.25) is 0 Å². The number of aryl methyl sites for hydroxylation is 2. The van der Waals surface area contributed by atoms with Gasteiger partial charge in [-0.05, 0) is 29.5 Å². The van der Waals surface area contributed by atoms with Crippen molar-refractivity contribution in [3.63, 3.8) is 0 Å². The van der Waals surface area contributed by atoms with Crippen LogP contribution >= 0.6 is 8.19 Å². The molecule has 1 heteroatoms. The van der Waals surface area contributed by atoms with Gasteiger partial charge >= 0.3 is 0 Å². The average Bonchev–Trinajstić information content (AvgIpc) is 2.33. The van der Waals surface area contributed by atoms with Crippen molar-refractivity contribution < 1.29 is 0 Å². The van der Waals surface area contributed by atoms with Crippen molar-refractivity contribution in [2.75, 3.05) is 0 Å². The molecule has 0 saturated carbocycles. The van der Waals surface area contributed by atoms with Crippen molar-refractivity contribution in [1.82, 2.24) is 0 Å². The summed E-state index contributed by atoms with van der Waals surface area (Å²) in [6.07, 6.45) is 2.46. The van der Waals surface area contributed by atoms with E-state index in [2.05, 4.69) is 25.7 Å². The van der Waals surface area contributed by atoms with Gasteiger partial charge < -0.3 is 0 Å². The van der Waals surface area contributed by atoms with E-state index in [4.69, 9.17) is 0 Å². The fraction of sp³-hybridized carbons (Fsp3) is 0.500. The van der Waals surface area contributed by atoms with Crippen molar-refractivity contribution in [3.05, 3.63) is 22.7 Å². The van der Waals surface area contributed by atoms with E-state index in [1.54, 1.807) is 10.9 Å². The molecule has 0 aromatic carbocycles. The van der Waals surface area contributed by atoms with Gasteiger partial charge in [-0.3, -0.25) is 0 Å². The van der Waals surface area contributed by atoms with Crippen LogP contribution in [0.3, 0.4) is 0 Å². The van der Waals surface area contributed by atoms with Crippen molar-refractivity contribution >= 4 is 8.19 Å². The third-order valence-electron chi connectivity index (χ3n) is 1.66. The Morgan fingerprint density at radius 1 is 1.33 bits per heavy atom. The third-order valence-corrected chi connectivity index (χ3v) is 3.02. The second-order valence-electron chi connectivity index (χ2n) is 2.19. The molecule has 0 aliphatic rings. The molecule has 0 radical (unpaired) electrons. The van der Waals surface area contributed by atoms with Crippen LogP contribution in [0.25, 0.3) is 0 Å². The highest BCUT2D eigenvalue weighted by Crippen LogP contribution is 2.21. The predicted octanol–water partition coefficient (Wildman–Crippen LogP) is 2.84. The molecule has 0 fully saturated rings. The largest absolute Gasteiger partial charge is 0.136 e. The van der Waals surface area contributed by atoms with E-state index < -0.39 is 0 Å². The lowest BCUT2D eigenvalue weighted by molar-refractivity contribution is 1.07. The summed E-state index contributed by atoms with van der Waals surface area (Å²) in [4.78, 5) is 0. The fourth-order valence-electron chi connectivity index (χ4n) is 1.10. The van der Waals surface area contributed by atoms with E-state index in [1.165, 1.54) is 12.8 Å². The molecule has 1 aromatic heterocycles. The summed E-state index contributed by atoms with van der Waals surface area (Å²) < 4.78 is 0. The lowest BCUT2D eigenvalue weighted by Crippen LogP contribution is -1.79. The van der Waals surface area contributed by atoms with Crippen LogP contribution in [0.5, 0.6) is 0 Å². The molecular weight excluding hydrogens is 127 g/mol. The molecule has 1 unspecified atom stereocenters. The predicted molar refractivity (Wildman–Crippen MR) is 44.7 cm³/mol. The molecule has 0 saturated heterocycles. The minimum atomic E-state index is 0.986. The van der Waals surface area contributed by atoms with Gasteiger partial charge in [0, 0.05) is 0 Å². The van der Waals surface area contributed by atoms with Crippen molar-refractivity contribution in [2.24, 2.45) is 0 Å². The molecule has 0 aliphatic heterocycles. The molecule has 1 atom stereocenters. The molecule has 0 spiro atoms. The van der Waals surface area contributed by atoms with Crippen LogP contribution in [0.15, 0.2) is 11.9 Å². The average molecular weight is 140 g/mol. The number of rotatable bonds is 2. The summed E-state index contributed by atoms with van der Waals surface area (Å²) in [7, 11) is 0.986. The van der Waals surface area contributed by atoms with E-state index in [0.29, 0.717) is 0 Å². The molecule has 0 nitrogen and oxygen atoms in total. The van der Waals surface area contributed by atoms with Gasteiger partial charge in [0.05, 0.1) is 0 Å². The van der Waals surface area contributed by atoms with Crippen LogP contribution in [-0.4, -0.2) is 0 Å². The molecule has 1 rings (SSSR count). The van der Waals surface area contributed by atoms with Crippen LogP contribution in [0.1, 0.15) is 24.7 Å². The van der Waals surface area contributed by atoms with E-state index in [0.717, 1.165) is 8.19 Å². The zero-order chi connectivity index (χ0) is 6.69. The molecule has 1 heterocycles. The topological polar surface area (TPSA) is 0 Å². The second kappa shape index (κ2) is 3.08. The van der Waals surface area contributed by atoms with E-state index >= 15 is 0 Å². The summed E-state index contributed by atoms with van der Waals surface area (Å²) in [5, 5.41) is 1.66. The number of hydrogen-bond acceptors (Lipinski definition) is 0. The minimum Gasteiger partial charge on any atom is -0.136 e. The van der Waals surface area contributed by atoms with Crippen LogP contribution in [-0.2, 0) is 12.8 Å². The molecule has 0 amide bonds. The molecule has 0 bridgehead atoms. The molecule has 50 valence electrons. The normalized spacial score (nSPS) is 10.9. The van der Waals surface area contributed by atoms with Gasteiger partial charge in [0.1, 0.15) is 0 Å². The Kier molecular flexibility index (Phi) is 2.36. The van der Waals surface area contributed by atoms with Gasteiger partial charge in [0.25, 0.3) is 0 Å². The van der Waals surface area contributed by atoms with E-state index in [-0.39, 0.29) is 0 Å². The quantitative estimate of drug-likeness (QED) is 0.592. The highest BCUT2D eigenvalue weighted by atomic mass is 31.0. The van der Waals surface area contributed by atoms with Crippen molar-refractivity contribution in [2.45, 2.75) is 26.7 Å². The maximum atomic E-state index is 2.29. The first-order valence-electron chi connectivity index (χ1n) is 3.53. The van der Waals surface area contributed by atoms with Gasteiger partial charge in [-0.15, -0.1) is 8.19 Å². The van der Waals surface area contributed by atoms with Crippen LogP contribution in [0.4, 0.5) is 0 Å². The molecular formula is C8H13P. The van der Waals surface area contributed by atoms with Crippen molar-refractivity contribution in [1.29, 1.82) is 0 Å². The summed E-state index contributed by atoms with van der Waals surface area (Å²) >= 11 is 0. The zero-order valence-electron chi connectivity index (χ0n) is 6.07. The van der Waals surface area contributed by atoms with Gasteiger partial charge in [-0.25, -0.2) is 0 Å². The Morgan fingerprint density at radius 3 is 2.56 bits per heavy atom. The highest BCUT2D eigenvalue weighted by molar-refractivity contribution is 7.30. The lowest BCUT2D eigenvalue weighted by Gasteiger charge is -1.94. The zero-order valence-corrected chi connectivity index (χ0v) is 7.07. The van der Waals surface area contributed by atoms with Gasteiger partial charge in [-0.2, -0.15) is 0 Å². The second-order valence-corrected chi connectivity index (χ2v) is 3.41. The molecule has 1 aromatic rings. The Bertz CT molecular complexity index is 158. The first kappa shape index (κ1) is 6.89. The Labute approximate surface area is 58.4 Å². The van der Waals surface area contributed by atoms with E-state index in [9.17, 15) is 0 Å². The summed E-state index contributed by atoms with van der Waals surface area (Å²) in [5.41, 5.74) is 1.58. The Morgan fingerprint density at radius 2 is 2.11 bits per heavy atom. The van der Waals surface area contributed by atoms with E-state index in [1.807, 2.05) is 0 Å². The molecule has 0 aliphatic carbocycles. The fourth-order valence-corrected chi connectivity index (χ4v) is 2.23. The molecule has 0 N–H and O–H groups in total. The standard InChI is InChI=1S/C8H13P/c1-3-7-5-6-9-8(7)4-2/h5-6,9H,3-4H2,1-2H3. The molecule has 9 heavy (non-hydrogen) atoms. The third kappa shape index (κ3) is 1.37. The Hall–Kier alpha value is -0.220.